The van der Waals surface area contributed by atoms with E-state index in [0.29, 0.717) is 6.42 Å². The van der Waals surface area contributed by atoms with E-state index < -0.39 is 0 Å². The predicted octanol–water partition coefficient (Wildman–Crippen LogP) is 2.12. The van der Waals surface area contributed by atoms with Gasteiger partial charge in [-0.1, -0.05) is 6.07 Å². The van der Waals surface area contributed by atoms with Gasteiger partial charge in [-0.05, 0) is 24.1 Å². The van der Waals surface area contributed by atoms with Gasteiger partial charge in [-0.15, -0.1) is 0 Å². The Bertz CT molecular complexity index is 771. The molecule has 1 aromatic carbocycles. The molecule has 2 heterocycles. The Morgan fingerprint density at radius 2 is 2.24 bits per heavy atom. The molecule has 21 heavy (non-hydrogen) atoms. The van der Waals surface area contributed by atoms with E-state index >= 15 is 0 Å². The first-order valence-electron chi connectivity index (χ1n) is 6.54. The van der Waals surface area contributed by atoms with Crippen LogP contribution in [0.5, 0.6) is 5.75 Å². The van der Waals surface area contributed by atoms with E-state index in [4.69, 9.17) is 10.5 Å². The van der Waals surface area contributed by atoms with Crippen LogP contribution in [0.25, 0.3) is 5.52 Å². The van der Waals surface area contributed by atoms with Crippen molar-refractivity contribution >= 4 is 5.52 Å². The molecule has 0 bridgehead atoms. The second-order valence-corrected chi connectivity index (χ2v) is 4.79. The van der Waals surface area contributed by atoms with Crippen LogP contribution in [0, 0.1) is 5.82 Å². The molecule has 0 fully saturated rings. The van der Waals surface area contributed by atoms with Crippen LogP contribution in [0.2, 0.25) is 0 Å². The molecule has 0 radical (unpaired) electrons. The Morgan fingerprint density at radius 1 is 1.38 bits per heavy atom. The van der Waals surface area contributed by atoms with Gasteiger partial charge in [0, 0.05) is 24.0 Å². The third-order valence-electron chi connectivity index (χ3n) is 3.43. The van der Waals surface area contributed by atoms with Gasteiger partial charge in [0.1, 0.15) is 0 Å². The molecule has 0 saturated carbocycles. The number of fused-ring (bicyclic) bond motifs is 1. The standard InChI is InChI=1S/C15H15FN4O/c1-21-15-3-2-10(6-12(15)16)7-13(17)11-8-19-20-5-4-18-9-14(11)20/h2-6,8-9,13H,7,17H2,1H3. The minimum Gasteiger partial charge on any atom is -0.494 e. The third-order valence-corrected chi connectivity index (χ3v) is 3.43. The number of aromatic nitrogens is 3. The summed E-state index contributed by atoms with van der Waals surface area (Å²) in [6, 6.07) is 4.59. The second-order valence-electron chi connectivity index (χ2n) is 4.79. The quantitative estimate of drug-likeness (QED) is 0.798. The summed E-state index contributed by atoms with van der Waals surface area (Å²) in [6.45, 7) is 0. The lowest BCUT2D eigenvalue weighted by Crippen LogP contribution is -2.13. The van der Waals surface area contributed by atoms with Gasteiger partial charge in [-0.2, -0.15) is 5.10 Å². The fourth-order valence-corrected chi connectivity index (χ4v) is 2.34. The molecule has 3 rings (SSSR count). The summed E-state index contributed by atoms with van der Waals surface area (Å²) in [4.78, 5) is 4.08. The maximum Gasteiger partial charge on any atom is 0.165 e. The Balaban J connectivity index is 1.86. The third kappa shape index (κ3) is 2.57. The van der Waals surface area contributed by atoms with Crippen molar-refractivity contribution in [2.45, 2.75) is 12.5 Å². The van der Waals surface area contributed by atoms with E-state index in [9.17, 15) is 4.39 Å². The average molecular weight is 286 g/mol. The van der Waals surface area contributed by atoms with E-state index in [1.165, 1.54) is 13.2 Å². The highest BCUT2D eigenvalue weighted by molar-refractivity contribution is 5.53. The maximum atomic E-state index is 13.7. The summed E-state index contributed by atoms with van der Waals surface area (Å²) in [5.74, 6) is -0.156. The first-order chi connectivity index (χ1) is 10.2. The molecule has 0 aliphatic heterocycles. The van der Waals surface area contributed by atoms with Gasteiger partial charge in [0.05, 0.1) is 25.0 Å². The molecule has 5 nitrogen and oxygen atoms in total. The van der Waals surface area contributed by atoms with Gasteiger partial charge >= 0.3 is 0 Å². The molecule has 3 aromatic rings. The van der Waals surface area contributed by atoms with Crippen LogP contribution < -0.4 is 10.5 Å². The van der Waals surface area contributed by atoms with Crippen LogP contribution >= 0.6 is 0 Å². The molecule has 2 aromatic heterocycles. The van der Waals surface area contributed by atoms with Gasteiger partial charge in [-0.25, -0.2) is 8.91 Å². The largest absolute Gasteiger partial charge is 0.494 e. The van der Waals surface area contributed by atoms with E-state index in [-0.39, 0.29) is 17.6 Å². The number of nitrogens with two attached hydrogens (primary N) is 1. The lowest BCUT2D eigenvalue weighted by Gasteiger charge is -2.11. The first-order valence-corrected chi connectivity index (χ1v) is 6.54. The topological polar surface area (TPSA) is 65.4 Å². The molecular formula is C15H15FN4O. The van der Waals surface area contributed by atoms with Gasteiger partial charge < -0.3 is 10.5 Å². The molecule has 0 spiro atoms. The summed E-state index contributed by atoms with van der Waals surface area (Å²) < 4.78 is 20.3. The van der Waals surface area contributed by atoms with E-state index in [0.717, 1.165) is 16.6 Å². The fourth-order valence-electron chi connectivity index (χ4n) is 2.34. The lowest BCUT2D eigenvalue weighted by molar-refractivity contribution is 0.386. The van der Waals surface area contributed by atoms with Crippen LogP contribution in [0.15, 0.2) is 43.0 Å². The maximum absolute atomic E-state index is 13.7. The summed E-state index contributed by atoms with van der Waals surface area (Å²) in [5.41, 5.74) is 8.78. The fraction of sp³-hybridized carbons (Fsp3) is 0.200. The Morgan fingerprint density at radius 3 is 3.00 bits per heavy atom. The number of nitrogens with zero attached hydrogens (tertiary/aromatic N) is 3. The number of ether oxygens (including phenoxy) is 1. The van der Waals surface area contributed by atoms with Gasteiger partial charge in [0.2, 0.25) is 0 Å². The monoisotopic (exact) mass is 286 g/mol. The van der Waals surface area contributed by atoms with Crippen LogP contribution in [-0.4, -0.2) is 21.7 Å². The second kappa shape index (κ2) is 5.49. The Hall–Kier alpha value is -2.47. The van der Waals surface area contributed by atoms with Crippen molar-refractivity contribution in [1.29, 1.82) is 0 Å². The van der Waals surface area contributed by atoms with Gasteiger partial charge in [-0.3, -0.25) is 4.98 Å². The number of hydrogen-bond acceptors (Lipinski definition) is 4. The highest BCUT2D eigenvalue weighted by Gasteiger charge is 2.14. The van der Waals surface area contributed by atoms with Gasteiger partial charge in [0.15, 0.2) is 11.6 Å². The molecule has 2 N–H and O–H groups in total. The molecule has 0 aliphatic rings. The minimum absolute atomic E-state index is 0.229. The first kappa shape index (κ1) is 13.5. The minimum atomic E-state index is -0.385. The molecule has 0 amide bonds. The Labute approximate surface area is 121 Å². The number of hydrogen-bond donors (Lipinski definition) is 1. The summed E-state index contributed by atoms with van der Waals surface area (Å²) in [5, 5.41) is 4.23. The van der Waals surface area contributed by atoms with Crippen molar-refractivity contribution in [2.75, 3.05) is 7.11 Å². The molecule has 6 heteroatoms. The summed E-state index contributed by atoms with van der Waals surface area (Å²) >= 11 is 0. The lowest BCUT2D eigenvalue weighted by atomic mass is 10.0. The molecule has 1 unspecified atom stereocenters. The highest BCUT2D eigenvalue weighted by atomic mass is 19.1. The summed E-state index contributed by atoms with van der Waals surface area (Å²) in [6.07, 6.45) is 7.38. The van der Waals surface area contributed by atoms with Crippen molar-refractivity contribution in [3.63, 3.8) is 0 Å². The van der Waals surface area contributed by atoms with Crippen LogP contribution in [0.1, 0.15) is 17.2 Å². The molecule has 0 saturated heterocycles. The van der Waals surface area contributed by atoms with Crippen LogP contribution in [0.4, 0.5) is 4.39 Å². The SMILES string of the molecule is COc1ccc(CC(N)c2cnn3ccncc23)cc1F. The Kier molecular flexibility index (Phi) is 3.53. The van der Waals surface area contributed by atoms with Crippen LogP contribution in [-0.2, 0) is 6.42 Å². The van der Waals surface area contributed by atoms with E-state index in [1.54, 1.807) is 35.4 Å². The molecular weight excluding hydrogens is 271 g/mol. The summed E-state index contributed by atoms with van der Waals surface area (Å²) in [7, 11) is 1.44. The van der Waals surface area contributed by atoms with Crippen molar-refractivity contribution in [3.05, 3.63) is 59.9 Å². The highest BCUT2D eigenvalue weighted by Crippen LogP contribution is 2.23. The zero-order valence-electron chi connectivity index (χ0n) is 11.5. The number of methoxy groups -OCH3 is 1. The van der Waals surface area contributed by atoms with Crippen LogP contribution in [0.3, 0.4) is 0 Å². The number of halogens is 1. The van der Waals surface area contributed by atoms with E-state index in [1.807, 2.05) is 6.07 Å². The predicted molar refractivity (Wildman–Crippen MR) is 76.6 cm³/mol. The average Bonchev–Trinajstić information content (AvgIpc) is 2.91. The smallest absolute Gasteiger partial charge is 0.165 e. The zero-order chi connectivity index (χ0) is 14.8. The van der Waals surface area contributed by atoms with Crippen molar-refractivity contribution in [1.82, 2.24) is 14.6 Å². The van der Waals surface area contributed by atoms with E-state index in [2.05, 4.69) is 10.1 Å². The zero-order valence-corrected chi connectivity index (χ0v) is 11.5. The number of benzene rings is 1. The molecule has 1 atom stereocenters. The molecule has 0 aliphatic carbocycles. The number of rotatable bonds is 4. The van der Waals surface area contributed by atoms with Crippen molar-refractivity contribution in [2.24, 2.45) is 5.73 Å². The van der Waals surface area contributed by atoms with Crippen molar-refractivity contribution < 1.29 is 9.13 Å². The molecule has 108 valence electrons. The normalized spacial score (nSPS) is 12.5. The van der Waals surface area contributed by atoms with Crippen molar-refractivity contribution in [3.8, 4) is 5.75 Å². The van der Waals surface area contributed by atoms with Gasteiger partial charge in [0.25, 0.3) is 0 Å².